The third kappa shape index (κ3) is 2.74. The molecule has 0 aromatic carbocycles. The van der Waals surface area contributed by atoms with Crippen molar-refractivity contribution in [3.63, 3.8) is 0 Å². The lowest BCUT2D eigenvalue weighted by Crippen LogP contribution is -2.54. The molecule has 7 heteroatoms. The van der Waals surface area contributed by atoms with Crippen LogP contribution in [-0.2, 0) is 14.9 Å². The number of nitrogens with one attached hydrogen (secondary N) is 1. The summed E-state index contributed by atoms with van der Waals surface area (Å²) in [7, 11) is -3.37. The van der Waals surface area contributed by atoms with Crippen LogP contribution in [0.2, 0.25) is 0 Å². The third-order valence-electron chi connectivity index (χ3n) is 5.10. The molecular formula is C14H27N3O3S. The van der Waals surface area contributed by atoms with Gasteiger partial charge in [0, 0.05) is 25.7 Å². The van der Waals surface area contributed by atoms with E-state index in [1.54, 1.807) is 8.61 Å². The first-order valence-corrected chi connectivity index (χ1v) is 9.46. The molecule has 5 atom stereocenters. The quantitative estimate of drug-likeness (QED) is 0.812. The van der Waals surface area contributed by atoms with Crippen LogP contribution >= 0.6 is 0 Å². The van der Waals surface area contributed by atoms with Gasteiger partial charge in [-0.05, 0) is 45.2 Å². The van der Waals surface area contributed by atoms with E-state index >= 15 is 0 Å². The molecule has 3 saturated heterocycles. The molecule has 0 aliphatic carbocycles. The first kappa shape index (κ1) is 15.7. The molecule has 0 bridgehead atoms. The highest BCUT2D eigenvalue weighted by atomic mass is 32.2. The molecule has 0 saturated carbocycles. The summed E-state index contributed by atoms with van der Waals surface area (Å²) in [6.07, 6.45) is 0.817. The van der Waals surface area contributed by atoms with Gasteiger partial charge >= 0.3 is 0 Å². The molecule has 3 fully saturated rings. The van der Waals surface area contributed by atoms with Crippen molar-refractivity contribution in [1.29, 1.82) is 0 Å². The van der Waals surface area contributed by atoms with Gasteiger partial charge in [0.05, 0.1) is 12.2 Å². The number of hydrogen-bond acceptors (Lipinski definition) is 4. The number of rotatable bonds is 3. The average molecular weight is 317 g/mol. The van der Waals surface area contributed by atoms with Crippen molar-refractivity contribution >= 4 is 10.2 Å². The van der Waals surface area contributed by atoms with E-state index in [-0.39, 0.29) is 18.2 Å². The summed E-state index contributed by atoms with van der Waals surface area (Å²) in [5, 5.41) is 3.40. The summed E-state index contributed by atoms with van der Waals surface area (Å²) in [5.41, 5.74) is 0. The van der Waals surface area contributed by atoms with E-state index in [9.17, 15) is 8.42 Å². The van der Waals surface area contributed by atoms with Gasteiger partial charge in [-0.25, -0.2) is 0 Å². The largest absolute Gasteiger partial charge is 0.373 e. The minimum Gasteiger partial charge on any atom is -0.373 e. The Morgan fingerprint density at radius 2 is 1.81 bits per heavy atom. The van der Waals surface area contributed by atoms with Crippen LogP contribution in [0.3, 0.4) is 0 Å². The summed E-state index contributed by atoms with van der Waals surface area (Å²) in [6.45, 7) is 9.47. The minimum absolute atomic E-state index is 0.0348. The summed E-state index contributed by atoms with van der Waals surface area (Å²) in [4.78, 5) is 0. The predicted molar refractivity (Wildman–Crippen MR) is 81.1 cm³/mol. The van der Waals surface area contributed by atoms with Gasteiger partial charge in [0.1, 0.15) is 0 Å². The fourth-order valence-corrected chi connectivity index (χ4v) is 6.34. The van der Waals surface area contributed by atoms with Crippen molar-refractivity contribution in [3.8, 4) is 0 Å². The van der Waals surface area contributed by atoms with E-state index in [0.717, 1.165) is 19.5 Å². The van der Waals surface area contributed by atoms with Crippen molar-refractivity contribution in [2.24, 2.45) is 11.8 Å². The molecule has 3 aliphatic rings. The van der Waals surface area contributed by atoms with E-state index in [1.165, 1.54) is 0 Å². The van der Waals surface area contributed by atoms with Gasteiger partial charge in [0.15, 0.2) is 0 Å². The molecule has 6 nitrogen and oxygen atoms in total. The molecule has 0 aromatic heterocycles. The molecule has 3 aliphatic heterocycles. The van der Waals surface area contributed by atoms with E-state index in [4.69, 9.17) is 4.74 Å². The van der Waals surface area contributed by atoms with Crippen molar-refractivity contribution in [2.45, 2.75) is 45.4 Å². The minimum atomic E-state index is -3.37. The fraction of sp³-hybridized carbons (Fsp3) is 1.00. The third-order valence-corrected chi connectivity index (χ3v) is 7.06. The van der Waals surface area contributed by atoms with Crippen LogP contribution in [0.15, 0.2) is 0 Å². The highest BCUT2D eigenvalue weighted by molar-refractivity contribution is 7.86. The Labute approximate surface area is 128 Å². The summed E-state index contributed by atoms with van der Waals surface area (Å²) in [6, 6.07) is 0.142. The smallest absolute Gasteiger partial charge is 0.282 e. The fourth-order valence-electron chi connectivity index (χ4n) is 4.22. The van der Waals surface area contributed by atoms with E-state index in [0.29, 0.717) is 31.5 Å². The van der Waals surface area contributed by atoms with Crippen LogP contribution in [0, 0.1) is 11.8 Å². The zero-order valence-corrected chi connectivity index (χ0v) is 14.0. The first-order valence-electron chi connectivity index (χ1n) is 8.06. The molecule has 0 spiro atoms. The maximum atomic E-state index is 13.1. The molecule has 0 radical (unpaired) electrons. The van der Waals surface area contributed by atoms with Gasteiger partial charge in [0.25, 0.3) is 10.2 Å². The van der Waals surface area contributed by atoms with Crippen LogP contribution in [-0.4, -0.2) is 68.0 Å². The van der Waals surface area contributed by atoms with Gasteiger partial charge in [0.2, 0.25) is 0 Å². The number of hydrogen-bond donors (Lipinski definition) is 1. The molecule has 0 aromatic rings. The molecule has 3 heterocycles. The monoisotopic (exact) mass is 317 g/mol. The number of ether oxygens (including phenoxy) is 1. The zero-order chi connectivity index (χ0) is 15.2. The van der Waals surface area contributed by atoms with Crippen LogP contribution in [0.25, 0.3) is 0 Å². The van der Waals surface area contributed by atoms with Gasteiger partial charge in [-0.3, -0.25) is 0 Å². The Morgan fingerprint density at radius 3 is 2.43 bits per heavy atom. The normalized spacial score (nSPS) is 42.3. The highest BCUT2D eigenvalue weighted by Crippen LogP contribution is 2.37. The van der Waals surface area contributed by atoms with Crippen LogP contribution in [0.5, 0.6) is 0 Å². The molecule has 122 valence electrons. The Balaban J connectivity index is 1.81. The average Bonchev–Trinajstić information content (AvgIpc) is 2.97. The maximum absolute atomic E-state index is 13.1. The van der Waals surface area contributed by atoms with Crippen molar-refractivity contribution in [1.82, 2.24) is 13.9 Å². The number of morpholine rings is 1. The Hall–Kier alpha value is -0.210. The zero-order valence-electron chi connectivity index (χ0n) is 13.2. The van der Waals surface area contributed by atoms with Gasteiger partial charge in [-0.2, -0.15) is 17.0 Å². The van der Waals surface area contributed by atoms with Gasteiger partial charge < -0.3 is 10.1 Å². The second-order valence-electron chi connectivity index (χ2n) is 6.71. The predicted octanol–water partition coefficient (Wildman–Crippen LogP) is 0.270. The molecule has 3 rings (SSSR count). The van der Waals surface area contributed by atoms with Crippen LogP contribution in [0.1, 0.15) is 27.2 Å². The van der Waals surface area contributed by atoms with Crippen LogP contribution in [0.4, 0.5) is 0 Å². The van der Waals surface area contributed by atoms with Crippen LogP contribution < -0.4 is 5.32 Å². The number of nitrogens with zero attached hydrogens (tertiary/aromatic N) is 2. The Kier molecular flexibility index (Phi) is 4.31. The SMILES string of the molecule is CCC1C2CNCC2CN1S(=O)(=O)N1CC(C)OC(C)C1. The molecule has 0 amide bonds. The highest BCUT2D eigenvalue weighted by Gasteiger charge is 2.49. The lowest BCUT2D eigenvalue weighted by atomic mass is 9.93. The first-order chi connectivity index (χ1) is 9.93. The van der Waals surface area contributed by atoms with E-state index in [2.05, 4.69) is 12.2 Å². The summed E-state index contributed by atoms with van der Waals surface area (Å²) >= 11 is 0. The second-order valence-corrected chi connectivity index (χ2v) is 8.59. The second kappa shape index (κ2) is 5.77. The van der Waals surface area contributed by atoms with Crippen molar-refractivity contribution in [3.05, 3.63) is 0 Å². The molecular weight excluding hydrogens is 290 g/mol. The van der Waals surface area contributed by atoms with Gasteiger partial charge in [-0.15, -0.1) is 0 Å². The standard InChI is InChI=1S/C14H27N3O3S/c1-4-14-13-6-15-5-12(13)9-17(14)21(18,19)16-7-10(2)20-11(3)8-16/h10-15H,4-9H2,1-3H3. The van der Waals surface area contributed by atoms with E-state index < -0.39 is 10.2 Å². The lowest BCUT2D eigenvalue weighted by molar-refractivity contribution is -0.0456. The lowest BCUT2D eigenvalue weighted by Gasteiger charge is -2.38. The molecule has 21 heavy (non-hydrogen) atoms. The number of fused-ring (bicyclic) bond motifs is 1. The maximum Gasteiger partial charge on any atom is 0.282 e. The summed E-state index contributed by atoms with van der Waals surface area (Å²) < 4.78 is 35.2. The topological polar surface area (TPSA) is 61.9 Å². The van der Waals surface area contributed by atoms with Crippen molar-refractivity contribution in [2.75, 3.05) is 32.7 Å². The Morgan fingerprint density at radius 1 is 1.14 bits per heavy atom. The van der Waals surface area contributed by atoms with E-state index in [1.807, 2.05) is 13.8 Å². The van der Waals surface area contributed by atoms with Gasteiger partial charge in [-0.1, -0.05) is 6.92 Å². The Bertz CT molecular complexity index is 474. The molecule has 5 unspecified atom stereocenters. The molecule has 1 N–H and O–H groups in total. The summed E-state index contributed by atoms with van der Waals surface area (Å²) in [5.74, 6) is 0.946. The van der Waals surface area contributed by atoms with Crippen molar-refractivity contribution < 1.29 is 13.2 Å².